The van der Waals surface area contributed by atoms with E-state index < -0.39 is 17.9 Å². The predicted octanol–water partition coefficient (Wildman–Crippen LogP) is 4.20. The number of aromatic carboxylic acids is 2. The summed E-state index contributed by atoms with van der Waals surface area (Å²) in [5.41, 5.74) is 2.25. The molecule has 0 aliphatic carbocycles. The first-order valence-corrected chi connectivity index (χ1v) is 8.90. The second kappa shape index (κ2) is 11.0. The van der Waals surface area contributed by atoms with Crippen molar-refractivity contribution in [1.82, 2.24) is 0 Å². The first-order valence-electron chi connectivity index (χ1n) is 8.90. The molecule has 0 fully saturated rings. The first-order chi connectivity index (χ1) is 14.3. The van der Waals surface area contributed by atoms with Gasteiger partial charge in [0.1, 0.15) is 0 Å². The molecule has 0 aromatic heterocycles. The average Bonchev–Trinajstić information content (AvgIpc) is 2.73. The lowest BCUT2D eigenvalue weighted by molar-refractivity contribution is -0.136. The topological polar surface area (TPSA) is 136 Å². The van der Waals surface area contributed by atoms with Crippen molar-refractivity contribution in [3.05, 3.63) is 83.6 Å². The normalized spacial score (nSPS) is 11.7. The van der Waals surface area contributed by atoms with Gasteiger partial charge in [-0.25, -0.2) is 9.59 Å². The molecule has 8 heteroatoms. The Balaban J connectivity index is 2.05. The zero-order valence-corrected chi connectivity index (χ0v) is 15.9. The Morgan fingerprint density at radius 3 is 1.93 bits per heavy atom. The molecule has 0 unspecified atom stereocenters. The predicted molar refractivity (Wildman–Crippen MR) is 113 cm³/mol. The van der Waals surface area contributed by atoms with Gasteiger partial charge >= 0.3 is 17.9 Å². The number of carboxylic acids is 3. The van der Waals surface area contributed by atoms with Gasteiger partial charge in [0.2, 0.25) is 0 Å². The van der Waals surface area contributed by atoms with E-state index in [1.54, 1.807) is 42.6 Å². The van der Waals surface area contributed by atoms with Crippen LogP contribution in [-0.4, -0.2) is 39.4 Å². The molecule has 0 saturated carbocycles. The second-order valence-electron chi connectivity index (χ2n) is 6.13. The summed E-state index contributed by atoms with van der Waals surface area (Å²) in [5.74, 6) is -2.96. The molecule has 8 nitrogen and oxygen atoms in total. The molecule has 0 aliphatic heterocycles. The number of anilines is 1. The highest BCUT2D eigenvalue weighted by Gasteiger charge is 2.03. The minimum absolute atomic E-state index is 0.0618. The summed E-state index contributed by atoms with van der Waals surface area (Å²) in [6, 6.07) is 12.2. The summed E-state index contributed by atoms with van der Waals surface area (Å²) in [5, 5.41) is 29.7. The molecule has 0 atom stereocenters. The molecular weight excluding hydrogens is 388 g/mol. The molecule has 0 aliphatic rings. The monoisotopic (exact) mass is 408 g/mol. The summed E-state index contributed by atoms with van der Waals surface area (Å²) in [7, 11) is 0. The molecular formula is C22H20N2O6. The van der Waals surface area contributed by atoms with Crippen LogP contribution >= 0.6 is 0 Å². The highest BCUT2D eigenvalue weighted by molar-refractivity contribution is 5.89. The summed E-state index contributed by atoms with van der Waals surface area (Å²) in [6.07, 6.45) is 6.76. The lowest BCUT2D eigenvalue weighted by atomic mass is 10.1. The molecule has 154 valence electrons. The Labute approximate surface area is 172 Å². The van der Waals surface area contributed by atoms with Crippen LogP contribution < -0.4 is 5.32 Å². The number of aliphatic carboxylic acids is 1. The SMILES string of the molecule is O=C(O)CCC(C=Nc1ccc(C(=O)O)cc1)=C/C=C/Nc1ccc(C(=O)O)cc1. The molecule has 0 radical (unpaired) electrons. The van der Waals surface area contributed by atoms with Gasteiger partial charge in [0.25, 0.3) is 0 Å². The fourth-order valence-corrected chi connectivity index (χ4v) is 2.31. The van der Waals surface area contributed by atoms with E-state index in [9.17, 15) is 14.4 Å². The van der Waals surface area contributed by atoms with Crippen molar-refractivity contribution in [2.45, 2.75) is 12.8 Å². The fourth-order valence-electron chi connectivity index (χ4n) is 2.31. The molecule has 2 aromatic rings. The fraction of sp³-hybridized carbons (Fsp3) is 0.0909. The van der Waals surface area contributed by atoms with Crippen LogP contribution in [0.15, 0.2) is 77.4 Å². The standard InChI is InChI=1S/C22H20N2O6/c25-20(26)12-3-15(14-24-19-10-6-17(7-11-19)22(29)30)2-1-13-23-18-8-4-16(5-9-18)21(27)28/h1-2,4-11,13-14,23H,3,12H2,(H,25,26)(H,27,28)(H,29,30)/b13-1+,15-2?,24-14?. The number of hydrogen-bond donors (Lipinski definition) is 4. The van der Waals surface area contributed by atoms with Gasteiger partial charge in [-0.3, -0.25) is 9.79 Å². The minimum Gasteiger partial charge on any atom is -0.481 e. The Morgan fingerprint density at radius 2 is 1.40 bits per heavy atom. The zero-order valence-electron chi connectivity index (χ0n) is 15.9. The van der Waals surface area contributed by atoms with Crippen molar-refractivity contribution in [3.8, 4) is 0 Å². The Bertz CT molecular complexity index is 989. The highest BCUT2D eigenvalue weighted by atomic mass is 16.4. The lowest BCUT2D eigenvalue weighted by Crippen LogP contribution is -1.97. The van der Waals surface area contributed by atoms with Crippen molar-refractivity contribution in [3.63, 3.8) is 0 Å². The third-order valence-corrected chi connectivity index (χ3v) is 3.91. The van der Waals surface area contributed by atoms with Gasteiger partial charge in [0.15, 0.2) is 0 Å². The number of carbonyl (C=O) groups is 3. The summed E-state index contributed by atoms with van der Waals surface area (Å²) in [4.78, 5) is 36.9. The minimum atomic E-state index is -1.03. The van der Waals surface area contributed by atoms with Crippen LogP contribution in [0, 0.1) is 0 Å². The number of aliphatic imine (C=N–C) groups is 1. The third-order valence-electron chi connectivity index (χ3n) is 3.91. The first kappa shape index (κ1) is 22.1. The maximum atomic E-state index is 10.9. The van der Waals surface area contributed by atoms with E-state index in [1.165, 1.54) is 30.5 Å². The van der Waals surface area contributed by atoms with Gasteiger partial charge in [-0.15, -0.1) is 0 Å². The van der Waals surface area contributed by atoms with E-state index in [-0.39, 0.29) is 24.0 Å². The van der Waals surface area contributed by atoms with Gasteiger partial charge in [0, 0.05) is 24.5 Å². The van der Waals surface area contributed by atoms with E-state index >= 15 is 0 Å². The largest absolute Gasteiger partial charge is 0.481 e. The van der Waals surface area contributed by atoms with Crippen LogP contribution in [0.4, 0.5) is 11.4 Å². The molecule has 2 aromatic carbocycles. The van der Waals surface area contributed by atoms with Crippen LogP contribution in [0.5, 0.6) is 0 Å². The van der Waals surface area contributed by atoms with Crippen LogP contribution in [-0.2, 0) is 4.79 Å². The lowest BCUT2D eigenvalue weighted by Gasteiger charge is -2.01. The summed E-state index contributed by atoms with van der Waals surface area (Å²) >= 11 is 0. The van der Waals surface area contributed by atoms with E-state index in [0.29, 0.717) is 16.9 Å². The number of benzene rings is 2. The van der Waals surface area contributed by atoms with Gasteiger partial charge in [0.05, 0.1) is 16.8 Å². The molecule has 4 N–H and O–H groups in total. The number of carboxylic acid groups (broad SMARTS) is 3. The summed E-state index contributed by atoms with van der Waals surface area (Å²) < 4.78 is 0. The van der Waals surface area contributed by atoms with E-state index in [4.69, 9.17) is 15.3 Å². The molecule has 0 heterocycles. The number of nitrogens with one attached hydrogen (secondary N) is 1. The van der Waals surface area contributed by atoms with Crippen LogP contribution in [0.1, 0.15) is 33.6 Å². The van der Waals surface area contributed by atoms with Crippen LogP contribution in [0.25, 0.3) is 0 Å². The van der Waals surface area contributed by atoms with Gasteiger partial charge < -0.3 is 20.6 Å². The van der Waals surface area contributed by atoms with Crippen molar-refractivity contribution in [1.29, 1.82) is 0 Å². The van der Waals surface area contributed by atoms with E-state index in [0.717, 1.165) is 0 Å². The van der Waals surface area contributed by atoms with Crippen molar-refractivity contribution in [2.24, 2.45) is 4.99 Å². The maximum absolute atomic E-state index is 10.9. The smallest absolute Gasteiger partial charge is 0.335 e. The second-order valence-corrected chi connectivity index (χ2v) is 6.13. The number of allylic oxidation sites excluding steroid dienone is 3. The van der Waals surface area contributed by atoms with Gasteiger partial charge in [-0.1, -0.05) is 6.08 Å². The third kappa shape index (κ3) is 7.43. The highest BCUT2D eigenvalue weighted by Crippen LogP contribution is 2.14. The molecule has 30 heavy (non-hydrogen) atoms. The molecule has 0 saturated heterocycles. The summed E-state index contributed by atoms with van der Waals surface area (Å²) in [6.45, 7) is 0. The Morgan fingerprint density at radius 1 is 0.833 bits per heavy atom. The van der Waals surface area contributed by atoms with Crippen molar-refractivity contribution in [2.75, 3.05) is 5.32 Å². The molecule has 2 rings (SSSR count). The van der Waals surface area contributed by atoms with E-state index in [1.807, 2.05) is 0 Å². The van der Waals surface area contributed by atoms with Crippen LogP contribution in [0.3, 0.4) is 0 Å². The maximum Gasteiger partial charge on any atom is 0.335 e. The van der Waals surface area contributed by atoms with Crippen LogP contribution in [0.2, 0.25) is 0 Å². The quantitative estimate of drug-likeness (QED) is 0.341. The molecule has 0 bridgehead atoms. The Kier molecular flexibility index (Phi) is 8.07. The zero-order chi connectivity index (χ0) is 21.9. The number of nitrogens with zero attached hydrogens (tertiary/aromatic N) is 1. The number of hydrogen-bond acceptors (Lipinski definition) is 5. The molecule has 0 amide bonds. The molecule has 0 spiro atoms. The average molecular weight is 408 g/mol. The Hall–Kier alpha value is -4.20. The van der Waals surface area contributed by atoms with Crippen molar-refractivity contribution < 1.29 is 29.7 Å². The van der Waals surface area contributed by atoms with Gasteiger partial charge in [-0.2, -0.15) is 0 Å². The van der Waals surface area contributed by atoms with Crippen molar-refractivity contribution >= 4 is 35.5 Å². The number of rotatable bonds is 10. The van der Waals surface area contributed by atoms with E-state index in [2.05, 4.69) is 10.3 Å². The van der Waals surface area contributed by atoms with Gasteiger partial charge in [-0.05, 0) is 66.6 Å².